The average Bonchev–Trinajstić information content (AvgIpc) is 3.23. The SMILES string of the molecule is CCn1cc(C(=O)N2CCC[C@H](c3[nH]ncc3S(C)(=O)=O)C2)cn1. The van der Waals surface area contributed by atoms with Crippen molar-refractivity contribution in [2.24, 2.45) is 0 Å². The second-order valence-electron chi connectivity index (χ2n) is 6.10. The van der Waals surface area contributed by atoms with Crippen LogP contribution in [0.15, 0.2) is 23.5 Å². The number of nitrogens with one attached hydrogen (secondary N) is 1. The number of rotatable bonds is 4. The quantitative estimate of drug-likeness (QED) is 0.887. The molecule has 1 N–H and O–H groups in total. The smallest absolute Gasteiger partial charge is 0.257 e. The molecule has 3 heterocycles. The summed E-state index contributed by atoms with van der Waals surface area (Å²) in [6.45, 7) is 3.81. The maximum Gasteiger partial charge on any atom is 0.257 e. The third kappa shape index (κ3) is 3.21. The van der Waals surface area contributed by atoms with Gasteiger partial charge in [0.05, 0.1) is 23.7 Å². The van der Waals surface area contributed by atoms with Gasteiger partial charge in [-0.2, -0.15) is 10.2 Å². The van der Waals surface area contributed by atoms with Gasteiger partial charge in [-0.15, -0.1) is 0 Å². The van der Waals surface area contributed by atoms with E-state index in [4.69, 9.17) is 0 Å². The van der Waals surface area contributed by atoms with Gasteiger partial charge >= 0.3 is 0 Å². The zero-order valence-electron chi connectivity index (χ0n) is 13.8. The second-order valence-corrected chi connectivity index (χ2v) is 8.08. The van der Waals surface area contributed by atoms with E-state index in [0.29, 0.717) is 30.9 Å². The third-order valence-corrected chi connectivity index (χ3v) is 5.48. The standard InChI is InChI=1S/C15H21N5O3S/c1-3-20-10-12(7-17-20)15(21)19-6-4-5-11(9-19)14-13(8-16-18-14)24(2,22)23/h7-8,10-11H,3-6,9H2,1-2H3,(H,16,18)/t11-/m0/s1. The van der Waals surface area contributed by atoms with Gasteiger partial charge in [0.15, 0.2) is 9.84 Å². The summed E-state index contributed by atoms with van der Waals surface area (Å²) >= 11 is 0. The van der Waals surface area contributed by atoms with Crippen LogP contribution in [0.4, 0.5) is 0 Å². The fraction of sp³-hybridized carbons (Fsp3) is 0.533. The molecular formula is C15H21N5O3S. The second kappa shape index (κ2) is 6.39. The molecule has 0 aliphatic carbocycles. The molecule has 1 saturated heterocycles. The van der Waals surface area contributed by atoms with Crippen molar-refractivity contribution in [3.8, 4) is 0 Å². The average molecular weight is 351 g/mol. The molecule has 8 nitrogen and oxygen atoms in total. The maximum atomic E-state index is 12.7. The van der Waals surface area contributed by atoms with E-state index < -0.39 is 9.84 Å². The summed E-state index contributed by atoms with van der Waals surface area (Å²) in [5.74, 6) is -0.129. The summed E-state index contributed by atoms with van der Waals surface area (Å²) in [6, 6.07) is 0. The van der Waals surface area contributed by atoms with Gasteiger partial charge in [-0.1, -0.05) is 0 Å². The zero-order chi connectivity index (χ0) is 17.3. The summed E-state index contributed by atoms with van der Waals surface area (Å²) in [4.78, 5) is 14.6. The Morgan fingerprint density at radius 3 is 2.88 bits per heavy atom. The Morgan fingerprint density at radius 2 is 2.21 bits per heavy atom. The van der Waals surface area contributed by atoms with E-state index in [1.807, 2.05) is 6.92 Å². The minimum atomic E-state index is -3.34. The van der Waals surface area contributed by atoms with Crippen LogP contribution in [0.5, 0.6) is 0 Å². The lowest BCUT2D eigenvalue weighted by Gasteiger charge is -2.32. The van der Waals surface area contributed by atoms with Crippen molar-refractivity contribution in [1.29, 1.82) is 0 Å². The van der Waals surface area contributed by atoms with E-state index in [-0.39, 0.29) is 16.7 Å². The van der Waals surface area contributed by atoms with Crippen molar-refractivity contribution in [2.75, 3.05) is 19.3 Å². The van der Waals surface area contributed by atoms with Crippen LogP contribution < -0.4 is 0 Å². The number of sulfone groups is 1. The molecule has 3 rings (SSSR count). The first kappa shape index (κ1) is 16.7. The first-order valence-electron chi connectivity index (χ1n) is 7.95. The lowest BCUT2D eigenvalue weighted by Crippen LogP contribution is -2.39. The highest BCUT2D eigenvalue weighted by molar-refractivity contribution is 7.90. The van der Waals surface area contributed by atoms with Crippen molar-refractivity contribution >= 4 is 15.7 Å². The Bertz CT molecular complexity index is 839. The van der Waals surface area contributed by atoms with Gasteiger partial charge in [0, 0.05) is 38.0 Å². The third-order valence-electron chi connectivity index (χ3n) is 4.35. The number of H-pyrrole nitrogens is 1. The van der Waals surface area contributed by atoms with E-state index in [9.17, 15) is 13.2 Å². The number of aromatic nitrogens is 4. The molecule has 0 spiro atoms. The van der Waals surface area contributed by atoms with Gasteiger partial charge in [0.1, 0.15) is 4.90 Å². The van der Waals surface area contributed by atoms with E-state index in [1.165, 1.54) is 12.5 Å². The number of piperidine rings is 1. The van der Waals surface area contributed by atoms with Gasteiger partial charge in [0.25, 0.3) is 5.91 Å². The van der Waals surface area contributed by atoms with Gasteiger partial charge in [-0.25, -0.2) is 8.42 Å². The van der Waals surface area contributed by atoms with Crippen molar-refractivity contribution in [3.63, 3.8) is 0 Å². The first-order valence-corrected chi connectivity index (χ1v) is 9.84. The Balaban J connectivity index is 1.80. The molecule has 1 fully saturated rings. The van der Waals surface area contributed by atoms with Gasteiger partial charge in [-0.3, -0.25) is 14.6 Å². The van der Waals surface area contributed by atoms with Crippen LogP contribution in [-0.4, -0.2) is 58.5 Å². The molecule has 130 valence electrons. The molecule has 0 radical (unpaired) electrons. The lowest BCUT2D eigenvalue weighted by atomic mass is 9.94. The maximum absolute atomic E-state index is 12.7. The molecular weight excluding hydrogens is 330 g/mol. The summed E-state index contributed by atoms with van der Waals surface area (Å²) in [7, 11) is -3.34. The molecule has 0 aromatic carbocycles. The van der Waals surface area contributed by atoms with Crippen molar-refractivity contribution in [2.45, 2.75) is 37.1 Å². The number of hydrogen-bond acceptors (Lipinski definition) is 5. The Morgan fingerprint density at radius 1 is 1.42 bits per heavy atom. The fourth-order valence-electron chi connectivity index (χ4n) is 3.10. The number of hydrogen-bond donors (Lipinski definition) is 1. The van der Waals surface area contributed by atoms with Gasteiger partial charge < -0.3 is 4.90 Å². The number of carbonyl (C=O) groups excluding carboxylic acids is 1. The molecule has 2 aromatic rings. The van der Waals surface area contributed by atoms with E-state index in [0.717, 1.165) is 12.8 Å². The highest BCUT2D eigenvalue weighted by atomic mass is 32.2. The minimum Gasteiger partial charge on any atom is -0.338 e. The van der Waals surface area contributed by atoms with Crippen molar-refractivity contribution in [3.05, 3.63) is 29.8 Å². The van der Waals surface area contributed by atoms with Crippen LogP contribution in [0.3, 0.4) is 0 Å². The van der Waals surface area contributed by atoms with Crippen LogP contribution in [0.1, 0.15) is 41.7 Å². The van der Waals surface area contributed by atoms with E-state index in [1.54, 1.807) is 22.0 Å². The van der Waals surface area contributed by atoms with Crippen molar-refractivity contribution < 1.29 is 13.2 Å². The summed E-state index contributed by atoms with van der Waals surface area (Å²) in [5, 5.41) is 10.8. The topological polar surface area (TPSA) is 101 Å². The van der Waals surface area contributed by atoms with Gasteiger partial charge in [0.2, 0.25) is 0 Å². The molecule has 1 aliphatic rings. The van der Waals surface area contributed by atoms with E-state index in [2.05, 4.69) is 15.3 Å². The molecule has 0 bridgehead atoms. The lowest BCUT2D eigenvalue weighted by molar-refractivity contribution is 0.0705. The molecule has 1 atom stereocenters. The predicted molar refractivity (Wildman–Crippen MR) is 87.5 cm³/mol. The zero-order valence-corrected chi connectivity index (χ0v) is 14.6. The Hall–Kier alpha value is -2.16. The molecule has 0 unspecified atom stereocenters. The molecule has 1 amide bonds. The van der Waals surface area contributed by atoms with Crippen LogP contribution in [-0.2, 0) is 16.4 Å². The summed E-state index contributed by atoms with van der Waals surface area (Å²) < 4.78 is 25.5. The van der Waals surface area contributed by atoms with Crippen LogP contribution in [0, 0.1) is 0 Å². The monoisotopic (exact) mass is 351 g/mol. The van der Waals surface area contributed by atoms with E-state index >= 15 is 0 Å². The molecule has 1 aliphatic heterocycles. The van der Waals surface area contributed by atoms with Crippen molar-refractivity contribution in [1.82, 2.24) is 24.9 Å². The highest BCUT2D eigenvalue weighted by Crippen LogP contribution is 2.30. The predicted octanol–water partition coefficient (Wildman–Crippen LogP) is 1.05. The van der Waals surface area contributed by atoms with Crippen LogP contribution in [0.2, 0.25) is 0 Å². The molecule has 0 saturated carbocycles. The number of nitrogens with zero attached hydrogens (tertiary/aromatic N) is 4. The number of aromatic amines is 1. The molecule has 24 heavy (non-hydrogen) atoms. The molecule has 2 aromatic heterocycles. The van der Waals surface area contributed by atoms with Crippen LogP contribution >= 0.6 is 0 Å². The normalized spacial score (nSPS) is 18.8. The minimum absolute atomic E-state index is 0.0591. The number of likely N-dealkylation sites (tertiary alicyclic amines) is 1. The summed E-state index contributed by atoms with van der Waals surface area (Å²) in [5.41, 5.74) is 1.16. The first-order chi connectivity index (χ1) is 11.4. The number of amides is 1. The number of carbonyl (C=O) groups is 1. The Kier molecular flexibility index (Phi) is 4.44. The van der Waals surface area contributed by atoms with Gasteiger partial charge in [-0.05, 0) is 19.8 Å². The van der Waals surface area contributed by atoms with Crippen LogP contribution in [0.25, 0.3) is 0 Å². The Labute approximate surface area is 140 Å². The largest absolute Gasteiger partial charge is 0.338 e. The fourth-order valence-corrected chi connectivity index (χ4v) is 3.96. The summed E-state index contributed by atoms with van der Waals surface area (Å²) in [6.07, 6.45) is 7.48. The number of aryl methyl sites for hydroxylation is 1. The molecule has 9 heteroatoms. The highest BCUT2D eigenvalue weighted by Gasteiger charge is 2.30.